The number of anilines is 1. The lowest BCUT2D eigenvalue weighted by Crippen LogP contribution is -2.31. The van der Waals surface area contributed by atoms with Crippen molar-refractivity contribution in [3.05, 3.63) is 23.9 Å². The quantitative estimate of drug-likeness (QED) is 0.594. The van der Waals surface area contributed by atoms with Crippen LogP contribution in [0.4, 0.5) is 5.82 Å². The van der Waals surface area contributed by atoms with E-state index in [1.807, 2.05) is 12.3 Å². The first kappa shape index (κ1) is 10.1. The van der Waals surface area contributed by atoms with Gasteiger partial charge in [0.2, 0.25) is 0 Å². The number of rotatable bonds is 3. The molecule has 2 unspecified atom stereocenters. The number of likely N-dealkylation sites (tertiary alicyclic amines) is 1. The predicted octanol–water partition coefficient (Wildman–Crippen LogP) is 1.35. The van der Waals surface area contributed by atoms with Crippen LogP contribution >= 0.6 is 0 Å². The van der Waals surface area contributed by atoms with E-state index in [-0.39, 0.29) is 0 Å². The monoisotopic (exact) mass is 218 g/mol. The highest BCUT2D eigenvalue weighted by Gasteiger charge is 2.37. The Morgan fingerprint density at radius 3 is 2.94 bits per heavy atom. The smallest absolute Gasteiger partial charge is 0.139 e. The molecule has 1 aromatic rings. The van der Waals surface area contributed by atoms with Gasteiger partial charge in [-0.15, -0.1) is 0 Å². The molecule has 0 spiro atoms. The van der Waals surface area contributed by atoms with Crippen LogP contribution in [0.25, 0.3) is 0 Å². The number of nitrogen functional groups attached to an aromatic ring is 1. The maximum atomic E-state index is 5.29. The first-order chi connectivity index (χ1) is 7.85. The lowest BCUT2D eigenvalue weighted by molar-refractivity contribution is 0.205. The van der Waals surface area contributed by atoms with Crippen molar-refractivity contribution in [1.82, 2.24) is 9.88 Å². The summed E-state index contributed by atoms with van der Waals surface area (Å²) in [6.45, 7) is 2.32. The molecule has 16 heavy (non-hydrogen) atoms. The molecule has 2 aliphatic rings. The molecule has 3 rings (SSSR count). The highest BCUT2D eigenvalue weighted by atomic mass is 15.2. The number of aromatic nitrogens is 1. The van der Waals surface area contributed by atoms with Gasteiger partial charge in [0.05, 0.1) is 0 Å². The fourth-order valence-corrected chi connectivity index (χ4v) is 3.06. The Balaban J connectivity index is 1.65. The average molecular weight is 218 g/mol. The molecule has 2 fully saturated rings. The second-order valence-corrected chi connectivity index (χ2v) is 4.96. The summed E-state index contributed by atoms with van der Waals surface area (Å²) in [5.74, 6) is 6.98. The highest BCUT2D eigenvalue weighted by Crippen LogP contribution is 2.37. The molecule has 0 aromatic carbocycles. The van der Waals surface area contributed by atoms with Crippen LogP contribution in [0.5, 0.6) is 0 Å². The van der Waals surface area contributed by atoms with E-state index < -0.39 is 0 Å². The molecule has 1 saturated heterocycles. The van der Waals surface area contributed by atoms with Crippen molar-refractivity contribution in [3.8, 4) is 0 Å². The Labute approximate surface area is 95.8 Å². The fraction of sp³-hybridized carbons (Fsp3) is 0.583. The highest BCUT2D eigenvalue weighted by molar-refractivity contribution is 5.33. The Morgan fingerprint density at radius 1 is 1.44 bits per heavy atom. The minimum atomic E-state index is 0.728. The molecule has 2 bridgehead atoms. The van der Waals surface area contributed by atoms with E-state index in [0.717, 1.165) is 24.3 Å². The van der Waals surface area contributed by atoms with Crippen molar-refractivity contribution in [1.29, 1.82) is 0 Å². The van der Waals surface area contributed by atoms with Crippen molar-refractivity contribution in [2.24, 2.45) is 11.8 Å². The first-order valence-corrected chi connectivity index (χ1v) is 6.01. The number of nitrogens with two attached hydrogens (primary N) is 1. The summed E-state index contributed by atoms with van der Waals surface area (Å²) in [5, 5.41) is 0. The minimum Gasteiger partial charge on any atom is -0.308 e. The minimum absolute atomic E-state index is 0.728. The SMILES string of the molecule is NNc1ccc(CN2CC3CCC2C3)cn1. The van der Waals surface area contributed by atoms with Gasteiger partial charge in [-0.2, -0.15) is 0 Å². The zero-order valence-electron chi connectivity index (χ0n) is 9.39. The van der Waals surface area contributed by atoms with Gasteiger partial charge in [0, 0.05) is 25.3 Å². The molecule has 1 saturated carbocycles. The van der Waals surface area contributed by atoms with Crippen LogP contribution in [0.3, 0.4) is 0 Å². The molecule has 0 radical (unpaired) electrons. The van der Waals surface area contributed by atoms with Crippen LogP contribution in [-0.4, -0.2) is 22.5 Å². The second kappa shape index (κ2) is 4.03. The molecule has 1 aliphatic heterocycles. The molecule has 2 heterocycles. The second-order valence-electron chi connectivity index (χ2n) is 4.96. The largest absolute Gasteiger partial charge is 0.308 e. The zero-order chi connectivity index (χ0) is 11.0. The van der Waals surface area contributed by atoms with Gasteiger partial charge in [-0.1, -0.05) is 6.07 Å². The summed E-state index contributed by atoms with van der Waals surface area (Å²) in [5.41, 5.74) is 3.83. The Morgan fingerprint density at radius 2 is 2.38 bits per heavy atom. The van der Waals surface area contributed by atoms with E-state index in [1.54, 1.807) is 0 Å². The van der Waals surface area contributed by atoms with E-state index >= 15 is 0 Å². The van der Waals surface area contributed by atoms with Gasteiger partial charge in [0.1, 0.15) is 5.82 Å². The summed E-state index contributed by atoms with van der Waals surface area (Å²) < 4.78 is 0. The number of fused-ring (bicyclic) bond motifs is 2. The van der Waals surface area contributed by atoms with E-state index in [9.17, 15) is 0 Å². The van der Waals surface area contributed by atoms with E-state index in [0.29, 0.717) is 0 Å². The Hall–Kier alpha value is -1.13. The van der Waals surface area contributed by atoms with Crippen LogP contribution in [0.15, 0.2) is 18.3 Å². The van der Waals surface area contributed by atoms with Crippen molar-refractivity contribution < 1.29 is 0 Å². The van der Waals surface area contributed by atoms with Gasteiger partial charge >= 0.3 is 0 Å². The third-order valence-electron chi connectivity index (χ3n) is 3.88. The number of hydrogen-bond donors (Lipinski definition) is 2. The summed E-state index contributed by atoms with van der Waals surface area (Å²) in [6.07, 6.45) is 6.16. The first-order valence-electron chi connectivity index (χ1n) is 6.01. The molecule has 86 valence electrons. The Bertz CT molecular complexity index is 362. The van der Waals surface area contributed by atoms with E-state index in [4.69, 9.17) is 5.84 Å². The van der Waals surface area contributed by atoms with E-state index in [2.05, 4.69) is 21.4 Å². The number of nitrogens with zero attached hydrogens (tertiary/aromatic N) is 2. The van der Waals surface area contributed by atoms with Crippen molar-refractivity contribution in [2.75, 3.05) is 12.0 Å². The number of piperidine rings is 1. The number of hydrazine groups is 1. The number of nitrogens with one attached hydrogen (secondary N) is 1. The maximum absolute atomic E-state index is 5.29. The lowest BCUT2D eigenvalue weighted by Gasteiger charge is -2.26. The van der Waals surface area contributed by atoms with Crippen LogP contribution in [-0.2, 0) is 6.54 Å². The standard InChI is InChI=1S/C12H18N4/c13-15-12-4-2-10(6-14-12)8-16-7-9-1-3-11(16)5-9/h2,4,6,9,11H,1,3,5,7-8,13H2,(H,14,15). The van der Waals surface area contributed by atoms with E-state index in [1.165, 1.54) is 31.4 Å². The van der Waals surface area contributed by atoms with Gasteiger partial charge in [-0.3, -0.25) is 4.90 Å². The summed E-state index contributed by atoms with van der Waals surface area (Å²) in [6, 6.07) is 4.87. The van der Waals surface area contributed by atoms with Crippen LogP contribution < -0.4 is 11.3 Å². The molecule has 1 aromatic heterocycles. The van der Waals surface area contributed by atoms with Gasteiger partial charge in [0.15, 0.2) is 0 Å². The molecule has 2 atom stereocenters. The average Bonchev–Trinajstić information content (AvgIpc) is 2.92. The zero-order valence-corrected chi connectivity index (χ0v) is 9.39. The van der Waals surface area contributed by atoms with Crippen molar-refractivity contribution in [2.45, 2.75) is 31.8 Å². The topological polar surface area (TPSA) is 54.2 Å². The normalized spacial score (nSPS) is 28.6. The Kier molecular flexibility index (Phi) is 2.53. The number of pyridine rings is 1. The van der Waals surface area contributed by atoms with Gasteiger partial charge < -0.3 is 5.43 Å². The molecular weight excluding hydrogens is 200 g/mol. The molecule has 1 aliphatic carbocycles. The third-order valence-corrected chi connectivity index (χ3v) is 3.88. The maximum Gasteiger partial charge on any atom is 0.139 e. The fourth-order valence-electron chi connectivity index (χ4n) is 3.06. The van der Waals surface area contributed by atoms with Crippen LogP contribution in [0, 0.1) is 5.92 Å². The van der Waals surface area contributed by atoms with Crippen LogP contribution in [0.1, 0.15) is 24.8 Å². The summed E-state index contributed by atoms with van der Waals surface area (Å²) in [4.78, 5) is 6.84. The lowest BCUT2D eigenvalue weighted by atomic mass is 10.1. The van der Waals surface area contributed by atoms with Crippen LogP contribution in [0.2, 0.25) is 0 Å². The van der Waals surface area contributed by atoms with Gasteiger partial charge in [0.25, 0.3) is 0 Å². The molecule has 4 nitrogen and oxygen atoms in total. The molecule has 3 N–H and O–H groups in total. The van der Waals surface area contributed by atoms with Crippen molar-refractivity contribution in [3.63, 3.8) is 0 Å². The summed E-state index contributed by atoms with van der Waals surface area (Å²) >= 11 is 0. The molecular formula is C12H18N4. The molecule has 0 amide bonds. The predicted molar refractivity (Wildman–Crippen MR) is 63.6 cm³/mol. The van der Waals surface area contributed by atoms with Crippen molar-refractivity contribution >= 4 is 5.82 Å². The van der Waals surface area contributed by atoms with Gasteiger partial charge in [-0.05, 0) is 36.8 Å². The molecule has 4 heteroatoms. The number of hydrogen-bond acceptors (Lipinski definition) is 4. The van der Waals surface area contributed by atoms with Gasteiger partial charge in [-0.25, -0.2) is 10.8 Å². The third kappa shape index (κ3) is 1.79. The summed E-state index contributed by atoms with van der Waals surface area (Å²) in [7, 11) is 0.